The average molecular weight is 312 g/mol. The average Bonchev–Trinajstić information content (AvgIpc) is 2.94. The Kier molecular flexibility index (Phi) is 3.78. The molecule has 0 amide bonds. The van der Waals surface area contributed by atoms with Crippen molar-refractivity contribution in [3.63, 3.8) is 0 Å². The lowest BCUT2D eigenvalue weighted by atomic mass is 9.64. The van der Waals surface area contributed by atoms with Crippen molar-refractivity contribution in [1.82, 2.24) is 15.1 Å². The second kappa shape index (κ2) is 5.52. The van der Waals surface area contributed by atoms with Crippen molar-refractivity contribution in [3.8, 4) is 6.07 Å². The van der Waals surface area contributed by atoms with Crippen molar-refractivity contribution in [3.05, 3.63) is 35.7 Å². The fraction of sp³-hybridized carbons (Fsp3) is 0.529. The SMILES string of the molecule is CC1(C)CC2(C=C(C#N)C1=O)CCN(C(O)c1cccnn1)C2. The van der Waals surface area contributed by atoms with Crippen LogP contribution in [0.25, 0.3) is 0 Å². The monoisotopic (exact) mass is 312 g/mol. The lowest BCUT2D eigenvalue weighted by Crippen LogP contribution is -2.40. The maximum absolute atomic E-state index is 12.3. The lowest BCUT2D eigenvalue weighted by Gasteiger charge is -2.39. The number of carbonyl (C=O) groups excluding carboxylic acids is 1. The Morgan fingerprint density at radius 1 is 1.48 bits per heavy atom. The van der Waals surface area contributed by atoms with Crippen LogP contribution in [0.3, 0.4) is 0 Å². The van der Waals surface area contributed by atoms with Gasteiger partial charge in [0.2, 0.25) is 0 Å². The third kappa shape index (κ3) is 2.78. The van der Waals surface area contributed by atoms with Gasteiger partial charge in [-0.1, -0.05) is 19.9 Å². The van der Waals surface area contributed by atoms with Crippen LogP contribution in [0, 0.1) is 22.2 Å². The van der Waals surface area contributed by atoms with Gasteiger partial charge in [0.1, 0.15) is 11.8 Å². The van der Waals surface area contributed by atoms with Gasteiger partial charge in [0, 0.05) is 30.1 Å². The van der Waals surface area contributed by atoms with E-state index in [9.17, 15) is 15.2 Å². The zero-order valence-electron chi connectivity index (χ0n) is 13.4. The summed E-state index contributed by atoms with van der Waals surface area (Å²) in [6.45, 7) is 5.08. The molecule has 1 saturated heterocycles. The normalized spacial score (nSPS) is 28.4. The second-order valence-corrected chi connectivity index (χ2v) is 7.16. The number of allylic oxidation sites excluding steroid dienone is 1. The maximum atomic E-state index is 12.3. The molecule has 0 radical (unpaired) electrons. The fourth-order valence-corrected chi connectivity index (χ4v) is 3.87. The molecule has 1 spiro atoms. The van der Waals surface area contributed by atoms with Gasteiger partial charge in [-0.3, -0.25) is 9.69 Å². The third-order valence-electron chi connectivity index (χ3n) is 4.84. The Bertz CT molecular complexity index is 692. The summed E-state index contributed by atoms with van der Waals surface area (Å²) < 4.78 is 0. The molecule has 2 atom stereocenters. The first-order valence-corrected chi connectivity index (χ1v) is 7.74. The molecule has 23 heavy (non-hydrogen) atoms. The van der Waals surface area contributed by atoms with Crippen LogP contribution in [0.4, 0.5) is 0 Å². The Balaban J connectivity index is 1.85. The van der Waals surface area contributed by atoms with Crippen molar-refractivity contribution in [2.24, 2.45) is 10.8 Å². The largest absolute Gasteiger partial charge is 0.372 e. The fourth-order valence-electron chi connectivity index (χ4n) is 3.87. The number of carbonyl (C=O) groups is 1. The van der Waals surface area contributed by atoms with E-state index in [0.717, 1.165) is 6.42 Å². The van der Waals surface area contributed by atoms with Crippen molar-refractivity contribution >= 4 is 5.78 Å². The molecular formula is C17H20N4O2. The Morgan fingerprint density at radius 3 is 2.91 bits per heavy atom. The molecule has 1 aliphatic carbocycles. The molecule has 1 fully saturated rings. The predicted octanol–water partition coefficient (Wildman–Crippen LogP) is 1.61. The van der Waals surface area contributed by atoms with Crippen molar-refractivity contribution in [2.45, 2.75) is 32.9 Å². The molecule has 6 heteroatoms. The van der Waals surface area contributed by atoms with Crippen LogP contribution in [0.15, 0.2) is 30.0 Å². The smallest absolute Gasteiger partial charge is 0.178 e. The molecular weight excluding hydrogens is 292 g/mol. The van der Waals surface area contributed by atoms with Gasteiger partial charge in [0.25, 0.3) is 0 Å². The topological polar surface area (TPSA) is 90.1 Å². The Labute approximate surface area is 135 Å². The zero-order valence-corrected chi connectivity index (χ0v) is 13.4. The van der Waals surface area contributed by atoms with Gasteiger partial charge in [0.15, 0.2) is 12.0 Å². The summed E-state index contributed by atoms with van der Waals surface area (Å²) in [5.41, 5.74) is -0.0313. The number of rotatable bonds is 2. The van der Waals surface area contributed by atoms with E-state index in [0.29, 0.717) is 25.2 Å². The lowest BCUT2D eigenvalue weighted by molar-refractivity contribution is -0.125. The van der Waals surface area contributed by atoms with E-state index in [1.165, 1.54) is 0 Å². The molecule has 0 aromatic carbocycles. The van der Waals surface area contributed by atoms with Crippen molar-refractivity contribution in [2.75, 3.05) is 13.1 Å². The van der Waals surface area contributed by atoms with Crippen LogP contribution >= 0.6 is 0 Å². The van der Waals surface area contributed by atoms with E-state index < -0.39 is 11.6 Å². The first-order chi connectivity index (χ1) is 10.9. The molecule has 2 aliphatic rings. The number of Topliss-reactive ketones (excluding diaryl/α,β-unsaturated/α-hetero) is 1. The zero-order chi connectivity index (χ0) is 16.7. The summed E-state index contributed by atoms with van der Waals surface area (Å²) in [5, 5.41) is 27.5. The van der Waals surface area contributed by atoms with Gasteiger partial charge in [-0.25, -0.2) is 0 Å². The molecule has 1 aromatic rings. The number of likely N-dealkylation sites (tertiary alicyclic amines) is 1. The molecule has 1 N–H and O–H groups in total. The highest BCUT2D eigenvalue weighted by molar-refractivity contribution is 6.03. The number of ketones is 1. The molecule has 1 aromatic heterocycles. The summed E-state index contributed by atoms with van der Waals surface area (Å²) in [4.78, 5) is 14.2. The molecule has 120 valence electrons. The standard InChI is InChI=1S/C17H20N4O2/c1-16(2)10-17(8-12(9-18)14(16)22)5-7-21(11-17)15(23)13-4-3-6-19-20-13/h3-4,6,8,15,23H,5,7,10-11H2,1-2H3. The third-order valence-corrected chi connectivity index (χ3v) is 4.84. The van der Waals surface area contributed by atoms with Gasteiger partial charge in [-0.15, -0.1) is 0 Å². The van der Waals surface area contributed by atoms with Crippen LogP contribution in [0.2, 0.25) is 0 Å². The summed E-state index contributed by atoms with van der Waals surface area (Å²) in [6.07, 6.45) is 4.07. The predicted molar refractivity (Wildman–Crippen MR) is 82.7 cm³/mol. The molecule has 0 saturated carbocycles. The van der Waals surface area contributed by atoms with Gasteiger partial charge < -0.3 is 5.11 Å². The van der Waals surface area contributed by atoms with E-state index in [2.05, 4.69) is 10.2 Å². The minimum absolute atomic E-state index is 0.0847. The van der Waals surface area contributed by atoms with Crippen LogP contribution in [0.5, 0.6) is 0 Å². The first-order valence-electron chi connectivity index (χ1n) is 7.74. The quantitative estimate of drug-likeness (QED) is 0.892. The van der Waals surface area contributed by atoms with Crippen LogP contribution in [-0.4, -0.2) is 39.1 Å². The van der Waals surface area contributed by atoms with E-state index in [-0.39, 0.29) is 16.8 Å². The van der Waals surface area contributed by atoms with Crippen molar-refractivity contribution in [1.29, 1.82) is 5.26 Å². The van der Waals surface area contributed by atoms with Crippen LogP contribution < -0.4 is 0 Å². The highest BCUT2D eigenvalue weighted by Gasteiger charge is 2.49. The van der Waals surface area contributed by atoms with E-state index in [4.69, 9.17) is 0 Å². The summed E-state index contributed by atoms with van der Waals surface area (Å²) in [5.74, 6) is -0.0847. The summed E-state index contributed by atoms with van der Waals surface area (Å²) in [6, 6.07) is 5.53. The minimum Gasteiger partial charge on any atom is -0.372 e. The molecule has 2 heterocycles. The highest BCUT2D eigenvalue weighted by atomic mass is 16.3. The second-order valence-electron chi connectivity index (χ2n) is 7.16. The molecule has 1 aliphatic heterocycles. The van der Waals surface area contributed by atoms with Crippen molar-refractivity contribution < 1.29 is 9.90 Å². The van der Waals surface area contributed by atoms with E-state index in [1.807, 2.05) is 30.9 Å². The number of aromatic nitrogens is 2. The Hall–Kier alpha value is -2.10. The van der Waals surface area contributed by atoms with E-state index in [1.54, 1.807) is 18.3 Å². The first kappa shape index (κ1) is 15.8. The number of nitriles is 1. The minimum atomic E-state index is -0.817. The Morgan fingerprint density at radius 2 is 2.26 bits per heavy atom. The molecule has 0 bridgehead atoms. The number of nitrogens with zero attached hydrogens (tertiary/aromatic N) is 4. The van der Waals surface area contributed by atoms with Gasteiger partial charge in [-0.05, 0) is 25.0 Å². The van der Waals surface area contributed by atoms with Gasteiger partial charge in [-0.2, -0.15) is 15.5 Å². The van der Waals surface area contributed by atoms with Gasteiger partial charge >= 0.3 is 0 Å². The highest BCUT2D eigenvalue weighted by Crippen LogP contribution is 2.48. The van der Waals surface area contributed by atoms with E-state index >= 15 is 0 Å². The summed E-state index contributed by atoms with van der Waals surface area (Å²) in [7, 11) is 0. The maximum Gasteiger partial charge on any atom is 0.178 e. The summed E-state index contributed by atoms with van der Waals surface area (Å²) >= 11 is 0. The number of hydrogen-bond acceptors (Lipinski definition) is 6. The van der Waals surface area contributed by atoms with Gasteiger partial charge in [0.05, 0.1) is 5.57 Å². The molecule has 2 unspecified atom stereocenters. The molecule has 3 rings (SSSR count). The number of aliphatic hydroxyl groups is 1. The van der Waals surface area contributed by atoms with Crippen LogP contribution in [-0.2, 0) is 4.79 Å². The number of hydrogen-bond donors (Lipinski definition) is 1. The van der Waals surface area contributed by atoms with Crippen LogP contribution in [0.1, 0.15) is 38.6 Å². The number of aliphatic hydroxyl groups excluding tert-OH is 1. The molecule has 6 nitrogen and oxygen atoms in total.